The molecule has 0 saturated carbocycles. The first-order valence-corrected chi connectivity index (χ1v) is 10.7. The average Bonchev–Trinajstić information content (AvgIpc) is 2.76. The van der Waals surface area contributed by atoms with E-state index in [0.29, 0.717) is 15.7 Å². The van der Waals surface area contributed by atoms with E-state index in [-0.39, 0.29) is 17.2 Å². The number of hydrazone groups is 1. The molecule has 0 aromatic heterocycles. The number of para-hydroxylation sites is 1. The topological polar surface area (TPSA) is 90.8 Å². The Bertz CT molecular complexity index is 1160. The van der Waals surface area contributed by atoms with Crippen molar-refractivity contribution in [2.75, 3.05) is 5.32 Å². The summed E-state index contributed by atoms with van der Waals surface area (Å²) in [7, 11) is 0. The van der Waals surface area contributed by atoms with Crippen LogP contribution in [0.3, 0.4) is 0 Å². The van der Waals surface area contributed by atoms with Crippen LogP contribution in [-0.4, -0.2) is 23.1 Å². The summed E-state index contributed by atoms with van der Waals surface area (Å²) in [6, 6.07) is 19.4. The lowest BCUT2D eigenvalue weighted by Crippen LogP contribution is -2.20. The monoisotopic (exact) mass is 541 g/mol. The Morgan fingerprint density at radius 2 is 1.68 bits per heavy atom. The summed E-state index contributed by atoms with van der Waals surface area (Å²) in [5.74, 6) is -0.872. The highest BCUT2D eigenvalue weighted by Crippen LogP contribution is 2.30. The Hall–Kier alpha value is -3.23. The van der Waals surface area contributed by atoms with E-state index < -0.39 is 5.91 Å². The van der Waals surface area contributed by atoms with Crippen molar-refractivity contribution in [3.8, 4) is 5.75 Å². The maximum Gasteiger partial charge on any atom is 0.273 e. The van der Waals surface area contributed by atoms with Gasteiger partial charge < -0.3 is 10.4 Å². The number of benzene rings is 3. The first-order valence-electron chi connectivity index (χ1n) is 9.08. The van der Waals surface area contributed by atoms with E-state index in [4.69, 9.17) is 0 Å². The Kier molecular flexibility index (Phi) is 7.75. The third-order valence-electron chi connectivity index (χ3n) is 4.08. The van der Waals surface area contributed by atoms with Gasteiger partial charge in [-0.15, -0.1) is 0 Å². The Balaban J connectivity index is 1.69. The number of nitrogens with one attached hydrogen (secondary N) is 2. The van der Waals surface area contributed by atoms with Crippen molar-refractivity contribution >= 4 is 61.7 Å². The van der Waals surface area contributed by atoms with Crippen molar-refractivity contribution < 1.29 is 14.7 Å². The van der Waals surface area contributed by atoms with Gasteiger partial charge in [0.05, 0.1) is 21.9 Å². The number of phenolic OH excluding ortho intramolecular Hbond substituents is 1. The molecule has 8 heteroatoms. The van der Waals surface area contributed by atoms with Crippen molar-refractivity contribution in [3.63, 3.8) is 0 Å². The third-order valence-corrected chi connectivity index (χ3v) is 5.15. The number of carbonyl (C=O) groups excluding carboxylic acids is 2. The van der Waals surface area contributed by atoms with Crippen LogP contribution in [0, 0.1) is 0 Å². The molecule has 0 radical (unpaired) electrons. The maximum atomic E-state index is 12.6. The molecular formula is C23H17Br2N3O3. The summed E-state index contributed by atoms with van der Waals surface area (Å²) >= 11 is 6.57. The Morgan fingerprint density at radius 1 is 0.968 bits per heavy atom. The van der Waals surface area contributed by atoms with Gasteiger partial charge in [0.1, 0.15) is 5.75 Å². The number of aromatic hydroxyl groups is 1. The zero-order valence-corrected chi connectivity index (χ0v) is 19.2. The van der Waals surface area contributed by atoms with E-state index in [0.717, 1.165) is 10.0 Å². The van der Waals surface area contributed by atoms with Crippen LogP contribution in [0.2, 0.25) is 0 Å². The molecule has 31 heavy (non-hydrogen) atoms. The second-order valence-electron chi connectivity index (χ2n) is 6.30. The van der Waals surface area contributed by atoms with Crippen molar-refractivity contribution in [1.82, 2.24) is 5.43 Å². The zero-order valence-electron chi connectivity index (χ0n) is 16.0. The van der Waals surface area contributed by atoms with E-state index >= 15 is 0 Å². The molecule has 2 amide bonds. The normalized spacial score (nSPS) is 11.0. The molecule has 0 bridgehead atoms. The molecule has 0 aliphatic heterocycles. The number of halogens is 2. The lowest BCUT2D eigenvalue weighted by atomic mass is 10.1. The molecule has 3 N–H and O–H groups in total. The smallest absolute Gasteiger partial charge is 0.273 e. The number of phenols is 1. The van der Waals surface area contributed by atoms with Crippen molar-refractivity contribution in [1.29, 1.82) is 0 Å². The van der Waals surface area contributed by atoms with E-state index in [1.54, 1.807) is 42.5 Å². The van der Waals surface area contributed by atoms with Crippen LogP contribution in [0.1, 0.15) is 21.5 Å². The van der Waals surface area contributed by atoms with Gasteiger partial charge in [-0.1, -0.05) is 58.4 Å². The second kappa shape index (κ2) is 10.7. The van der Waals surface area contributed by atoms with Gasteiger partial charge in [0.25, 0.3) is 5.91 Å². The highest BCUT2D eigenvalue weighted by molar-refractivity contribution is 9.11. The molecule has 0 fully saturated rings. The molecule has 0 aliphatic carbocycles. The van der Waals surface area contributed by atoms with E-state index in [2.05, 4.69) is 47.7 Å². The average molecular weight is 543 g/mol. The molecule has 3 rings (SSSR count). The molecule has 156 valence electrons. The van der Waals surface area contributed by atoms with Crippen molar-refractivity contribution in [2.24, 2.45) is 5.10 Å². The molecule has 0 aliphatic rings. The molecular weight excluding hydrogens is 526 g/mol. The van der Waals surface area contributed by atoms with Gasteiger partial charge in [-0.05, 0) is 51.8 Å². The number of anilines is 1. The summed E-state index contributed by atoms with van der Waals surface area (Å²) in [6.45, 7) is 0. The van der Waals surface area contributed by atoms with Gasteiger partial charge in [-0.2, -0.15) is 5.10 Å². The van der Waals surface area contributed by atoms with Crippen LogP contribution in [0.15, 0.2) is 86.9 Å². The van der Waals surface area contributed by atoms with E-state index in [1.165, 1.54) is 12.3 Å². The fourth-order valence-corrected chi connectivity index (χ4v) is 3.86. The maximum absolute atomic E-state index is 12.6. The lowest BCUT2D eigenvalue weighted by molar-refractivity contribution is -0.111. The van der Waals surface area contributed by atoms with Crippen LogP contribution in [-0.2, 0) is 4.79 Å². The minimum atomic E-state index is -0.507. The third kappa shape index (κ3) is 6.37. The number of amides is 2. The summed E-state index contributed by atoms with van der Waals surface area (Å²) in [4.78, 5) is 24.8. The van der Waals surface area contributed by atoms with Crippen LogP contribution in [0.25, 0.3) is 6.08 Å². The Labute approximate surface area is 195 Å². The minimum absolute atomic E-state index is 0.000865. The molecule has 0 spiro atoms. The summed E-state index contributed by atoms with van der Waals surface area (Å²) < 4.78 is 1.23. The Morgan fingerprint density at radius 3 is 2.45 bits per heavy atom. The molecule has 6 nitrogen and oxygen atoms in total. The largest absolute Gasteiger partial charge is 0.506 e. The lowest BCUT2D eigenvalue weighted by Gasteiger charge is -2.08. The van der Waals surface area contributed by atoms with Crippen molar-refractivity contribution in [3.05, 3.63) is 98.4 Å². The van der Waals surface area contributed by atoms with Crippen molar-refractivity contribution in [2.45, 2.75) is 0 Å². The summed E-state index contributed by atoms with van der Waals surface area (Å²) in [5, 5.41) is 16.7. The predicted molar refractivity (Wildman–Crippen MR) is 129 cm³/mol. The first kappa shape index (κ1) is 22.5. The summed E-state index contributed by atoms with van der Waals surface area (Å²) in [6.07, 6.45) is 4.41. The second-order valence-corrected chi connectivity index (χ2v) is 8.07. The van der Waals surface area contributed by atoms with Crippen LogP contribution in [0.4, 0.5) is 5.69 Å². The highest BCUT2D eigenvalue weighted by Gasteiger charge is 2.12. The molecule has 0 saturated heterocycles. The first-order chi connectivity index (χ1) is 14.9. The van der Waals surface area contributed by atoms with Gasteiger partial charge in [0.15, 0.2) is 0 Å². The highest BCUT2D eigenvalue weighted by atomic mass is 79.9. The molecule has 0 atom stereocenters. The van der Waals surface area contributed by atoms with Gasteiger partial charge in [-0.3, -0.25) is 9.59 Å². The minimum Gasteiger partial charge on any atom is -0.506 e. The molecule has 0 unspecified atom stereocenters. The quantitative estimate of drug-likeness (QED) is 0.223. The number of carbonyl (C=O) groups is 2. The fourth-order valence-electron chi connectivity index (χ4n) is 2.61. The SMILES string of the molecule is O=C(/C=C/c1ccccc1)Nc1ccccc1C(=O)N/N=C\c1cc(Br)cc(Br)c1O. The van der Waals surface area contributed by atoms with Gasteiger partial charge >= 0.3 is 0 Å². The molecule has 3 aromatic carbocycles. The van der Waals surface area contributed by atoms with Crippen LogP contribution >= 0.6 is 31.9 Å². The summed E-state index contributed by atoms with van der Waals surface area (Å²) in [5.41, 5.74) is 4.31. The predicted octanol–water partition coefficient (Wildman–Crippen LogP) is 5.33. The number of rotatable bonds is 6. The van der Waals surface area contributed by atoms with E-state index in [1.807, 2.05) is 30.3 Å². The molecule has 3 aromatic rings. The number of hydrogen-bond acceptors (Lipinski definition) is 4. The standard InChI is InChI=1S/C23H17Br2N3O3/c24-17-12-16(22(30)19(25)13-17)14-26-28-23(31)18-8-4-5-9-20(18)27-21(29)11-10-15-6-2-1-3-7-15/h1-14,30H,(H,27,29)(H,28,31)/b11-10+,26-14-. The zero-order chi connectivity index (χ0) is 22.2. The van der Waals surface area contributed by atoms with E-state index in [9.17, 15) is 14.7 Å². The van der Waals surface area contributed by atoms with Gasteiger partial charge in [-0.25, -0.2) is 5.43 Å². The fraction of sp³-hybridized carbons (Fsp3) is 0. The van der Waals surface area contributed by atoms with Crippen LogP contribution in [0.5, 0.6) is 5.75 Å². The van der Waals surface area contributed by atoms with Gasteiger partial charge in [0, 0.05) is 16.1 Å². The number of nitrogens with zero attached hydrogens (tertiary/aromatic N) is 1. The van der Waals surface area contributed by atoms with Crippen LogP contribution < -0.4 is 10.7 Å². The van der Waals surface area contributed by atoms with Gasteiger partial charge in [0.2, 0.25) is 5.91 Å². The molecule has 0 heterocycles. The number of hydrogen-bond donors (Lipinski definition) is 3.